The summed E-state index contributed by atoms with van der Waals surface area (Å²) in [6.07, 6.45) is 3.36. The van der Waals surface area contributed by atoms with Gasteiger partial charge in [0.25, 0.3) is 5.69 Å². The van der Waals surface area contributed by atoms with Gasteiger partial charge in [-0.1, -0.05) is 19.8 Å². The van der Waals surface area contributed by atoms with Gasteiger partial charge in [-0.3, -0.25) is 10.1 Å². The molecule has 7 heteroatoms. The van der Waals surface area contributed by atoms with Gasteiger partial charge in [0.2, 0.25) is 0 Å². The van der Waals surface area contributed by atoms with Crippen LogP contribution < -0.4 is 5.32 Å². The van der Waals surface area contributed by atoms with Crippen LogP contribution in [0, 0.1) is 21.8 Å². The van der Waals surface area contributed by atoms with E-state index in [2.05, 4.69) is 28.2 Å². The first kappa shape index (κ1) is 16.2. The van der Waals surface area contributed by atoms with Gasteiger partial charge >= 0.3 is 0 Å². The molecular formula is C14H18BrFN2O3. The fraction of sp³-hybridized carbons (Fsp3) is 0.571. The van der Waals surface area contributed by atoms with Crippen molar-refractivity contribution in [3.05, 3.63) is 32.5 Å². The molecule has 1 aliphatic rings. The predicted octanol–water partition coefficient (Wildman–Crippen LogP) is 3.85. The molecule has 1 aliphatic carbocycles. The van der Waals surface area contributed by atoms with Crippen LogP contribution in [0.25, 0.3) is 0 Å². The minimum Gasteiger partial charge on any atom is -0.388 e. The van der Waals surface area contributed by atoms with E-state index in [9.17, 15) is 19.6 Å². The molecule has 0 bridgehead atoms. The monoisotopic (exact) mass is 360 g/mol. The number of rotatable bonds is 4. The molecular weight excluding hydrogens is 343 g/mol. The third kappa shape index (κ3) is 3.91. The highest BCUT2D eigenvalue weighted by Gasteiger charge is 2.33. The summed E-state index contributed by atoms with van der Waals surface area (Å²) in [5.41, 5.74) is -0.991. The molecule has 0 spiro atoms. The molecule has 0 amide bonds. The van der Waals surface area contributed by atoms with E-state index in [1.54, 1.807) is 0 Å². The third-order valence-electron chi connectivity index (χ3n) is 3.91. The van der Waals surface area contributed by atoms with Crippen molar-refractivity contribution in [1.82, 2.24) is 0 Å². The summed E-state index contributed by atoms with van der Waals surface area (Å²) in [4.78, 5) is 10.4. The van der Waals surface area contributed by atoms with Gasteiger partial charge in [-0.05, 0) is 40.8 Å². The molecule has 116 valence electrons. The third-order valence-corrected chi connectivity index (χ3v) is 4.52. The number of hydrogen-bond acceptors (Lipinski definition) is 4. The normalized spacial score (nSPS) is 25.6. The van der Waals surface area contributed by atoms with Crippen molar-refractivity contribution in [3.8, 4) is 0 Å². The number of halogens is 2. The lowest BCUT2D eigenvalue weighted by Crippen LogP contribution is -2.41. The van der Waals surface area contributed by atoms with Gasteiger partial charge in [0, 0.05) is 6.54 Å². The highest BCUT2D eigenvalue weighted by molar-refractivity contribution is 9.10. The number of anilines is 1. The van der Waals surface area contributed by atoms with Crippen molar-refractivity contribution in [2.24, 2.45) is 5.92 Å². The Kier molecular flexibility index (Phi) is 4.83. The van der Waals surface area contributed by atoms with Gasteiger partial charge in [-0.2, -0.15) is 0 Å². The Morgan fingerprint density at radius 1 is 1.62 bits per heavy atom. The molecule has 1 aromatic rings. The topological polar surface area (TPSA) is 75.4 Å². The molecule has 0 saturated heterocycles. The van der Waals surface area contributed by atoms with Crippen LogP contribution >= 0.6 is 15.9 Å². The van der Waals surface area contributed by atoms with E-state index < -0.39 is 16.3 Å². The van der Waals surface area contributed by atoms with Crippen LogP contribution in [0.5, 0.6) is 0 Å². The minimum atomic E-state index is -0.869. The second-order valence-electron chi connectivity index (χ2n) is 5.82. The summed E-state index contributed by atoms with van der Waals surface area (Å²) in [5, 5.41) is 24.4. The minimum absolute atomic E-state index is 0.152. The molecule has 5 nitrogen and oxygen atoms in total. The SMILES string of the molecule is CC1CCCC(O)(CNc2cc(Br)c(F)cc2[N+](=O)[O-])C1. The first-order chi connectivity index (χ1) is 9.81. The maximum absolute atomic E-state index is 13.4. The summed E-state index contributed by atoms with van der Waals surface area (Å²) in [6, 6.07) is 2.21. The van der Waals surface area contributed by atoms with Gasteiger partial charge in [0.1, 0.15) is 11.5 Å². The molecule has 1 saturated carbocycles. The molecule has 0 aliphatic heterocycles. The van der Waals surface area contributed by atoms with Crippen LogP contribution in [-0.4, -0.2) is 22.2 Å². The van der Waals surface area contributed by atoms with Gasteiger partial charge < -0.3 is 10.4 Å². The fourth-order valence-corrected chi connectivity index (χ4v) is 3.23. The average Bonchev–Trinajstić information content (AvgIpc) is 2.39. The highest BCUT2D eigenvalue weighted by Crippen LogP contribution is 2.34. The molecule has 2 unspecified atom stereocenters. The molecule has 0 radical (unpaired) electrons. The highest BCUT2D eigenvalue weighted by atomic mass is 79.9. The van der Waals surface area contributed by atoms with Crippen LogP contribution in [0.15, 0.2) is 16.6 Å². The Hall–Kier alpha value is -1.21. The summed E-state index contributed by atoms with van der Waals surface area (Å²) in [7, 11) is 0. The maximum atomic E-state index is 13.4. The number of benzene rings is 1. The standard InChI is InChI=1S/C14H18BrFN2O3/c1-9-3-2-4-14(19,7-9)8-17-12-5-10(15)11(16)6-13(12)18(20)21/h5-6,9,17,19H,2-4,7-8H2,1H3. The van der Waals surface area contributed by atoms with Crippen molar-refractivity contribution >= 4 is 27.3 Å². The fourth-order valence-electron chi connectivity index (χ4n) is 2.88. The molecule has 1 aromatic carbocycles. The van der Waals surface area contributed by atoms with Gasteiger partial charge in [-0.15, -0.1) is 0 Å². The number of nitro benzene ring substituents is 1. The van der Waals surface area contributed by atoms with Crippen molar-refractivity contribution in [3.63, 3.8) is 0 Å². The quantitative estimate of drug-likeness (QED) is 0.631. The number of nitro groups is 1. The number of aliphatic hydroxyl groups is 1. The number of nitrogens with zero attached hydrogens (tertiary/aromatic N) is 1. The van der Waals surface area contributed by atoms with E-state index in [1.807, 2.05) is 0 Å². The summed E-state index contributed by atoms with van der Waals surface area (Å²) >= 11 is 3.02. The van der Waals surface area contributed by atoms with Crippen molar-refractivity contribution < 1.29 is 14.4 Å². The Morgan fingerprint density at radius 3 is 2.95 bits per heavy atom. The van der Waals surface area contributed by atoms with Gasteiger partial charge in [0.05, 0.1) is 21.1 Å². The Morgan fingerprint density at radius 2 is 2.33 bits per heavy atom. The van der Waals surface area contributed by atoms with Crippen LogP contribution in [-0.2, 0) is 0 Å². The van der Waals surface area contributed by atoms with Crippen molar-refractivity contribution in [2.45, 2.75) is 38.2 Å². The lowest BCUT2D eigenvalue weighted by Gasteiger charge is -2.35. The molecule has 2 atom stereocenters. The van der Waals surface area contributed by atoms with Crippen LogP contribution in [0.3, 0.4) is 0 Å². The van der Waals surface area contributed by atoms with Gasteiger partial charge in [-0.25, -0.2) is 4.39 Å². The van der Waals surface area contributed by atoms with E-state index >= 15 is 0 Å². The first-order valence-corrected chi connectivity index (χ1v) is 7.70. The van der Waals surface area contributed by atoms with E-state index in [1.165, 1.54) is 6.07 Å². The predicted molar refractivity (Wildman–Crippen MR) is 81.8 cm³/mol. The average molecular weight is 361 g/mol. The molecule has 2 rings (SSSR count). The Balaban J connectivity index is 2.16. The number of nitrogens with one attached hydrogen (secondary N) is 1. The van der Waals surface area contributed by atoms with E-state index in [4.69, 9.17) is 0 Å². The second kappa shape index (κ2) is 6.27. The zero-order valence-electron chi connectivity index (χ0n) is 11.7. The molecule has 1 fully saturated rings. The zero-order valence-corrected chi connectivity index (χ0v) is 13.3. The largest absolute Gasteiger partial charge is 0.388 e. The molecule has 2 N–H and O–H groups in total. The number of hydrogen-bond donors (Lipinski definition) is 2. The summed E-state index contributed by atoms with van der Waals surface area (Å²) < 4.78 is 13.6. The van der Waals surface area contributed by atoms with E-state index in [0.29, 0.717) is 18.8 Å². The smallest absolute Gasteiger partial charge is 0.295 e. The molecule has 0 aromatic heterocycles. The maximum Gasteiger partial charge on any atom is 0.295 e. The Bertz CT molecular complexity index is 555. The van der Waals surface area contributed by atoms with E-state index in [-0.39, 0.29) is 22.4 Å². The second-order valence-corrected chi connectivity index (χ2v) is 6.67. The first-order valence-electron chi connectivity index (χ1n) is 6.90. The molecule has 21 heavy (non-hydrogen) atoms. The summed E-state index contributed by atoms with van der Waals surface area (Å²) in [6.45, 7) is 2.30. The Labute approximate surface area is 130 Å². The van der Waals surface area contributed by atoms with Crippen LogP contribution in [0.2, 0.25) is 0 Å². The summed E-state index contributed by atoms with van der Waals surface area (Å²) in [5.74, 6) is -0.252. The van der Waals surface area contributed by atoms with Crippen LogP contribution in [0.1, 0.15) is 32.6 Å². The molecule has 0 heterocycles. The lowest BCUT2D eigenvalue weighted by molar-refractivity contribution is -0.384. The van der Waals surface area contributed by atoms with Crippen molar-refractivity contribution in [1.29, 1.82) is 0 Å². The van der Waals surface area contributed by atoms with Crippen molar-refractivity contribution in [2.75, 3.05) is 11.9 Å². The van der Waals surface area contributed by atoms with Crippen LogP contribution in [0.4, 0.5) is 15.8 Å². The van der Waals surface area contributed by atoms with Gasteiger partial charge in [0.15, 0.2) is 0 Å². The lowest BCUT2D eigenvalue weighted by atomic mass is 9.79. The van der Waals surface area contributed by atoms with E-state index in [0.717, 1.165) is 18.9 Å². The zero-order chi connectivity index (χ0) is 15.6.